The Balaban J connectivity index is 2.65. The minimum absolute atomic E-state index is 0.0973. The number of aryl methyl sites for hydroxylation is 1. The molecule has 0 atom stereocenters. The molecule has 0 aromatic heterocycles. The number of benzene rings is 1. The SMILES string of the molecule is COCCS(=O)(=O)N(C)CC(=O)Nc1ccc(Br)cc1C. The predicted octanol–water partition coefficient (Wildman–Crippen LogP) is 1.60. The van der Waals surface area contributed by atoms with Crippen molar-refractivity contribution < 1.29 is 17.9 Å². The first kappa shape index (κ1) is 18.1. The third-order valence-corrected chi connectivity index (χ3v) is 5.10. The van der Waals surface area contributed by atoms with E-state index >= 15 is 0 Å². The normalized spacial score (nSPS) is 11.7. The van der Waals surface area contributed by atoms with Crippen molar-refractivity contribution in [2.24, 2.45) is 0 Å². The van der Waals surface area contributed by atoms with Crippen LogP contribution in [0.1, 0.15) is 5.56 Å². The number of hydrogen-bond donors (Lipinski definition) is 1. The van der Waals surface area contributed by atoms with Crippen molar-refractivity contribution in [2.45, 2.75) is 6.92 Å². The third-order valence-electron chi connectivity index (χ3n) is 2.85. The van der Waals surface area contributed by atoms with E-state index in [2.05, 4.69) is 21.2 Å². The highest BCUT2D eigenvalue weighted by Crippen LogP contribution is 2.19. The van der Waals surface area contributed by atoms with Gasteiger partial charge in [0.15, 0.2) is 0 Å². The van der Waals surface area contributed by atoms with Gasteiger partial charge in [-0.1, -0.05) is 15.9 Å². The van der Waals surface area contributed by atoms with Crippen LogP contribution in [0.3, 0.4) is 0 Å². The minimum atomic E-state index is -3.49. The van der Waals surface area contributed by atoms with Crippen molar-refractivity contribution in [3.8, 4) is 0 Å². The van der Waals surface area contributed by atoms with Gasteiger partial charge in [-0.25, -0.2) is 8.42 Å². The lowest BCUT2D eigenvalue weighted by atomic mass is 10.2. The van der Waals surface area contributed by atoms with Gasteiger partial charge < -0.3 is 10.1 Å². The van der Waals surface area contributed by atoms with Gasteiger partial charge >= 0.3 is 0 Å². The van der Waals surface area contributed by atoms with Crippen LogP contribution >= 0.6 is 15.9 Å². The molecule has 0 bridgehead atoms. The monoisotopic (exact) mass is 378 g/mol. The van der Waals surface area contributed by atoms with E-state index < -0.39 is 10.0 Å². The van der Waals surface area contributed by atoms with E-state index in [1.54, 1.807) is 6.07 Å². The molecule has 0 aliphatic carbocycles. The first-order valence-electron chi connectivity index (χ1n) is 6.25. The van der Waals surface area contributed by atoms with Crippen LogP contribution in [0.25, 0.3) is 0 Å². The molecule has 21 heavy (non-hydrogen) atoms. The van der Waals surface area contributed by atoms with E-state index in [1.807, 2.05) is 19.1 Å². The molecule has 0 aliphatic heterocycles. The van der Waals surface area contributed by atoms with Gasteiger partial charge in [-0.15, -0.1) is 0 Å². The first-order valence-corrected chi connectivity index (χ1v) is 8.65. The lowest BCUT2D eigenvalue weighted by molar-refractivity contribution is -0.116. The molecule has 1 rings (SSSR count). The number of sulfonamides is 1. The Hall–Kier alpha value is -0.960. The van der Waals surface area contributed by atoms with Crippen molar-refractivity contribution >= 4 is 37.5 Å². The maximum atomic E-state index is 11.9. The molecule has 0 fully saturated rings. The molecular formula is C13H19BrN2O4S. The van der Waals surface area contributed by atoms with Gasteiger partial charge in [-0.05, 0) is 30.7 Å². The van der Waals surface area contributed by atoms with Gasteiger partial charge in [-0.2, -0.15) is 4.31 Å². The maximum Gasteiger partial charge on any atom is 0.239 e. The molecule has 1 aromatic carbocycles. The predicted molar refractivity (Wildman–Crippen MR) is 85.8 cm³/mol. The molecule has 0 heterocycles. The van der Waals surface area contributed by atoms with Crippen LogP contribution in [0.5, 0.6) is 0 Å². The van der Waals surface area contributed by atoms with E-state index in [4.69, 9.17) is 4.74 Å². The average Bonchev–Trinajstić information content (AvgIpc) is 2.39. The van der Waals surface area contributed by atoms with Crippen molar-refractivity contribution in [2.75, 3.05) is 38.4 Å². The van der Waals surface area contributed by atoms with Crippen LogP contribution in [0.4, 0.5) is 5.69 Å². The zero-order valence-electron chi connectivity index (χ0n) is 12.2. The standard InChI is InChI=1S/C13H19BrN2O4S/c1-10-8-11(14)4-5-12(10)15-13(17)9-16(2)21(18,19)7-6-20-3/h4-5,8H,6-7,9H2,1-3H3,(H,15,17). The van der Waals surface area contributed by atoms with E-state index in [0.717, 1.165) is 14.3 Å². The molecular weight excluding hydrogens is 360 g/mol. The summed E-state index contributed by atoms with van der Waals surface area (Å²) in [6, 6.07) is 5.44. The number of hydrogen-bond acceptors (Lipinski definition) is 4. The number of amides is 1. The Morgan fingerprint density at radius 2 is 2.10 bits per heavy atom. The summed E-state index contributed by atoms with van der Waals surface area (Å²) in [5, 5.41) is 2.70. The molecule has 0 aliphatic rings. The Labute approximate surface area is 133 Å². The zero-order chi connectivity index (χ0) is 16.0. The van der Waals surface area contributed by atoms with Crippen LogP contribution in [-0.2, 0) is 19.6 Å². The quantitative estimate of drug-likeness (QED) is 0.781. The molecule has 0 spiro atoms. The zero-order valence-corrected chi connectivity index (χ0v) is 14.6. The van der Waals surface area contributed by atoms with Crippen molar-refractivity contribution in [3.63, 3.8) is 0 Å². The van der Waals surface area contributed by atoms with Crippen molar-refractivity contribution in [3.05, 3.63) is 28.2 Å². The summed E-state index contributed by atoms with van der Waals surface area (Å²) in [6.07, 6.45) is 0. The third kappa shape index (κ3) is 5.74. The van der Waals surface area contributed by atoms with Gasteiger partial charge in [0.2, 0.25) is 15.9 Å². The molecule has 8 heteroatoms. The van der Waals surface area contributed by atoms with Crippen LogP contribution in [0.2, 0.25) is 0 Å². The Morgan fingerprint density at radius 3 is 2.67 bits per heavy atom. The fourth-order valence-electron chi connectivity index (χ4n) is 1.60. The first-order chi connectivity index (χ1) is 9.76. The molecule has 118 valence electrons. The highest BCUT2D eigenvalue weighted by atomic mass is 79.9. The summed E-state index contributed by atoms with van der Waals surface area (Å²) in [4.78, 5) is 11.9. The summed E-state index contributed by atoms with van der Waals surface area (Å²) in [5.41, 5.74) is 1.55. The largest absolute Gasteiger partial charge is 0.384 e. The second-order valence-corrected chi connectivity index (χ2v) is 7.68. The van der Waals surface area contributed by atoms with Gasteiger partial charge in [0.1, 0.15) is 0 Å². The number of halogens is 1. The van der Waals surface area contributed by atoms with Gasteiger partial charge in [0.05, 0.1) is 18.9 Å². The molecule has 6 nitrogen and oxygen atoms in total. The fourth-order valence-corrected chi connectivity index (χ4v) is 3.08. The Bertz CT molecular complexity index is 604. The molecule has 0 radical (unpaired) electrons. The fraction of sp³-hybridized carbons (Fsp3) is 0.462. The lowest BCUT2D eigenvalue weighted by Crippen LogP contribution is -2.37. The smallest absolute Gasteiger partial charge is 0.239 e. The summed E-state index contributed by atoms with van der Waals surface area (Å²) in [6.45, 7) is 1.72. The number of carbonyl (C=O) groups excluding carboxylic acids is 1. The highest BCUT2D eigenvalue weighted by molar-refractivity contribution is 9.10. The summed E-state index contributed by atoms with van der Waals surface area (Å²) < 4.78 is 30.4. The molecule has 0 saturated carbocycles. The van der Waals surface area contributed by atoms with Crippen LogP contribution in [-0.4, -0.2) is 51.7 Å². The number of likely N-dealkylation sites (N-methyl/N-ethyl adjacent to an activating group) is 1. The number of rotatable bonds is 7. The number of carbonyl (C=O) groups is 1. The number of ether oxygens (including phenoxy) is 1. The van der Waals surface area contributed by atoms with E-state index in [9.17, 15) is 13.2 Å². The molecule has 0 saturated heterocycles. The number of nitrogens with zero attached hydrogens (tertiary/aromatic N) is 1. The van der Waals surface area contributed by atoms with Crippen LogP contribution in [0.15, 0.2) is 22.7 Å². The summed E-state index contributed by atoms with van der Waals surface area (Å²) in [7, 11) is -0.683. The maximum absolute atomic E-state index is 11.9. The number of methoxy groups -OCH3 is 1. The average molecular weight is 379 g/mol. The van der Waals surface area contributed by atoms with E-state index in [1.165, 1.54) is 14.2 Å². The van der Waals surface area contributed by atoms with E-state index in [0.29, 0.717) is 5.69 Å². The van der Waals surface area contributed by atoms with E-state index in [-0.39, 0.29) is 24.8 Å². The van der Waals surface area contributed by atoms with Gasteiger partial charge in [-0.3, -0.25) is 4.79 Å². The van der Waals surface area contributed by atoms with Crippen LogP contribution < -0.4 is 5.32 Å². The Morgan fingerprint density at radius 1 is 1.43 bits per heavy atom. The molecule has 1 N–H and O–H groups in total. The summed E-state index contributed by atoms with van der Waals surface area (Å²) in [5.74, 6) is -0.533. The van der Waals surface area contributed by atoms with Crippen LogP contribution in [0, 0.1) is 6.92 Å². The molecule has 0 unspecified atom stereocenters. The minimum Gasteiger partial charge on any atom is -0.384 e. The second-order valence-electron chi connectivity index (χ2n) is 4.57. The number of nitrogens with one attached hydrogen (secondary N) is 1. The molecule has 1 amide bonds. The topological polar surface area (TPSA) is 75.7 Å². The second kappa shape index (κ2) is 7.88. The van der Waals surface area contributed by atoms with Crippen molar-refractivity contribution in [1.82, 2.24) is 4.31 Å². The lowest BCUT2D eigenvalue weighted by Gasteiger charge is -2.17. The van der Waals surface area contributed by atoms with Crippen molar-refractivity contribution in [1.29, 1.82) is 0 Å². The summed E-state index contributed by atoms with van der Waals surface area (Å²) >= 11 is 3.34. The Kier molecular flexibility index (Phi) is 6.79. The molecule has 1 aromatic rings. The van der Waals surface area contributed by atoms with Gasteiger partial charge in [0, 0.05) is 24.3 Å². The van der Waals surface area contributed by atoms with Gasteiger partial charge in [0.25, 0.3) is 0 Å². The highest BCUT2D eigenvalue weighted by Gasteiger charge is 2.20. The number of anilines is 1.